The van der Waals surface area contributed by atoms with Gasteiger partial charge in [0.1, 0.15) is 11.7 Å². The van der Waals surface area contributed by atoms with E-state index in [0.29, 0.717) is 0 Å². The fourth-order valence-corrected chi connectivity index (χ4v) is 3.61. The first-order valence-corrected chi connectivity index (χ1v) is 10.4. The summed E-state index contributed by atoms with van der Waals surface area (Å²) in [5.41, 5.74) is 2.92. The van der Waals surface area contributed by atoms with E-state index < -0.39 is 57.5 Å². The number of ether oxygens (including phenoxy) is 1. The summed E-state index contributed by atoms with van der Waals surface area (Å²) >= 11 is 0.914. The van der Waals surface area contributed by atoms with E-state index in [9.17, 15) is 27.6 Å². The summed E-state index contributed by atoms with van der Waals surface area (Å²) < 4.78 is 36.0. The van der Waals surface area contributed by atoms with Crippen molar-refractivity contribution in [2.24, 2.45) is 5.16 Å². The van der Waals surface area contributed by atoms with E-state index in [-0.39, 0.29) is 46.1 Å². The predicted molar refractivity (Wildman–Crippen MR) is 103 cm³/mol. The number of rotatable bonds is 8. The number of methoxy groups -OCH3 is 1. The Morgan fingerprint density at radius 1 is 1.41 bits per heavy atom. The van der Waals surface area contributed by atoms with Crippen LogP contribution in [0.5, 0.6) is 0 Å². The summed E-state index contributed by atoms with van der Waals surface area (Å²) in [5.74, 6) is -5.14. The fraction of sp³-hybridized carbons (Fsp3) is 0.429. The molecule has 1 aliphatic heterocycles. The van der Waals surface area contributed by atoms with Crippen LogP contribution in [0.15, 0.2) is 10.5 Å². The molecule has 2 amide bonds. The molecule has 0 saturated carbocycles. The van der Waals surface area contributed by atoms with E-state index in [1.807, 2.05) is 0 Å². The number of β-lactam (4-membered cyclic amide) rings is 1. The number of hydrogen-bond acceptors (Lipinski definition) is 12. The number of amides is 2. The van der Waals surface area contributed by atoms with Crippen molar-refractivity contribution in [3.63, 3.8) is 0 Å². The molecule has 15 nitrogen and oxygen atoms in total. The Bertz CT molecular complexity index is 1080. The zero-order valence-electron chi connectivity index (χ0n) is 18.1. The Kier molecular flexibility index (Phi) is 8.74. The molecule has 0 aliphatic carbocycles. The molecule has 2 rings (SSSR count). The third-order valence-electron chi connectivity index (χ3n) is 3.89. The molecule has 1 aromatic heterocycles. The minimum Gasteiger partial charge on any atom is -1.00 e. The Morgan fingerprint density at radius 2 is 2.00 bits per heavy atom. The minimum absolute atomic E-state index is 0. The average molecular weight is 503 g/mol. The second-order valence-corrected chi connectivity index (χ2v) is 8.63. The topological polar surface area (TPSA) is 228 Å². The van der Waals surface area contributed by atoms with Crippen molar-refractivity contribution in [1.29, 1.82) is 0 Å². The van der Waals surface area contributed by atoms with Gasteiger partial charge in [-0.25, -0.2) is 14.6 Å². The van der Waals surface area contributed by atoms with Gasteiger partial charge in [-0.1, -0.05) is 5.16 Å². The standard InChI is InChI=1S/C14H17N5O10S2.Na.H/c1-14(2,12(23)24)29-18-6(5-4-30-13(15)16-5)9(20)17-7-8(11(22)28-3)19(10(7)21)31(25,26)27;;/h4,7-8H,1-3H3,(H2,15,16)(H,17,20)(H,23,24)(H,25,26,27);;/q;+1;-1/b18-6-;;/t7-,8-;;/m1../s1. The molecule has 0 spiro atoms. The number of aromatic nitrogens is 1. The maximum Gasteiger partial charge on any atom is 1.00 e. The molecule has 1 aliphatic rings. The van der Waals surface area contributed by atoms with Gasteiger partial charge in [-0.2, -0.15) is 12.7 Å². The number of carbonyl (C=O) groups is 4. The van der Waals surface area contributed by atoms with Gasteiger partial charge in [0.2, 0.25) is 5.60 Å². The quantitative estimate of drug-likeness (QED) is 0.0653. The van der Waals surface area contributed by atoms with Gasteiger partial charge in [0.15, 0.2) is 16.9 Å². The van der Waals surface area contributed by atoms with Gasteiger partial charge in [0.05, 0.1) is 7.11 Å². The van der Waals surface area contributed by atoms with Crippen molar-refractivity contribution >= 4 is 56.2 Å². The van der Waals surface area contributed by atoms with Crippen LogP contribution in [0.4, 0.5) is 5.13 Å². The number of thiazole rings is 1. The zero-order chi connectivity index (χ0) is 23.7. The van der Waals surface area contributed by atoms with Crippen molar-refractivity contribution in [1.82, 2.24) is 14.6 Å². The van der Waals surface area contributed by atoms with Crippen molar-refractivity contribution in [3.8, 4) is 0 Å². The first kappa shape index (κ1) is 27.7. The molecule has 0 aromatic carbocycles. The smallest absolute Gasteiger partial charge is 1.00 e. The van der Waals surface area contributed by atoms with E-state index in [2.05, 4.69) is 20.2 Å². The molecule has 1 fully saturated rings. The average Bonchev–Trinajstić information content (AvgIpc) is 3.07. The van der Waals surface area contributed by atoms with Crippen LogP contribution in [-0.2, 0) is 39.1 Å². The summed E-state index contributed by atoms with van der Waals surface area (Å²) in [6.07, 6.45) is 0. The van der Waals surface area contributed by atoms with Gasteiger partial charge in [-0.3, -0.25) is 14.1 Å². The Balaban J connectivity index is 0.00000512. The van der Waals surface area contributed by atoms with Crippen LogP contribution in [0.25, 0.3) is 0 Å². The van der Waals surface area contributed by atoms with Crippen molar-refractivity contribution in [2.45, 2.75) is 31.5 Å². The molecule has 0 radical (unpaired) electrons. The molecule has 18 heteroatoms. The number of esters is 1. The SMILES string of the molecule is COC(=O)[C@H]1[C@@H](NC(=O)/C(=N\OC(C)(C)C(=O)O)c2csc(N)n2)C(=O)N1S(=O)(=O)O.[H-].[Na+]. The summed E-state index contributed by atoms with van der Waals surface area (Å²) in [6, 6.07) is -3.62. The molecule has 172 valence electrons. The molecule has 2 atom stereocenters. The number of carbonyl (C=O) groups excluding carboxylic acids is 3. The zero-order valence-corrected chi connectivity index (χ0v) is 20.8. The van der Waals surface area contributed by atoms with Crippen LogP contribution in [0.1, 0.15) is 21.0 Å². The van der Waals surface area contributed by atoms with Crippen LogP contribution in [-0.4, -0.2) is 81.6 Å². The van der Waals surface area contributed by atoms with Crippen LogP contribution in [0, 0.1) is 0 Å². The van der Waals surface area contributed by atoms with Gasteiger partial charge >= 0.3 is 51.8 Å². The second kappa shape index (κ2) is 10.1. The number of carboxylic acid groups (broad SMARTS) is 1. The largest absolute Gasteiger partial charge is 1.00 e. The van der Waals surface area contributed by atoms with E-state index in [1.54, 1.807) is 0 Å². The van der Waals surface area contributed by atoms with Gasteiger partial charge < -0.3 is 27.2 Å². The van der Waals surface area contributed by atoms with Crippen molar-refractivity contribution in [3.05, 3.63) is 11.1 Å². The molecule has 1 saturated heterocycles. The summed E-state index contributed by atoms with van der Waals surface area (Å²) in [6.45, 7) is 2.30. The third-order valence-corrected chi connectivity index (χ3v) is 5.47. The molecule has 1 aromatic rings. The summed E-state index contributed by atoms with van der Waals surface area (Å²) in [4.78, 5) is 56.6. The van der Waals surface area contributed by atoms with Gasteiger partial charge in [-0.05, 0) is 13.8 Å². The normalized spacial score (nSPS) is 18.8. The van der Waals surface area contributed by atoms with Gasteiger partial charge in [0, 0.05) is 5.38 Å². The number of nitrogens with zero attached hydrogens (tertiary/aromatic N) is 3. The molecular formula is C14H18N5NaO10S2. The molecule has 0 bridgehead atoms. The maximum atomic E-state index is 12.7. The Labute approximate surface area is 208 Å². The number of aliphatic carboxylic acids is 1. The first-order valence-electron chi connectivity index (χ1n) is 8.11. The molecule has 0 unspecified atom stereocenters. The van der Waals surface area contributed by atoms with E-state index in [1.165, 1.54) is 5.38 Å². The third kappa shape index (κ3) is 5.73. The molecule has 32 heavy (non-hydrogen) atoms. The number of anilines is 1. The first-order chi connectivity index (χ1) is 14.2. The maximum absolute atomic E-state index is 12.7. The number of carboxylic acids is 1. The number of nitrogens with two attached hydrogens (primary N) is 1. The second-order valence-electron chi connectivity index (χ2n) is 6.45. The summed E-state index contributed by atoms with van der Waals surface area (Å²) in [5, 5.41) is 16.0. The van der Waals surface area contributed by atoms with Crippen molar-refractivity contribution in [2.75, 3.05) is 12.8 Å². The van der Waals surface area contributed by atoms with Crippen LogP contribution >= 0.6 is 11.3 Å². The number of hydrogen-bond donors (Lipinski definition) is 4. The number of oxime groups is 1. The Morgan fingerprint density at radius 3 is 2.44 bits per heavy atom. The minimum atomic E-state index is -5.11. The predicted octanol–water partition coefficient (Wildman–Crippen LogP) is -4.90. The molecule has 5 N–H and O–H groups in total. The van der Waals surface area contributed by atoms with Crippen molar-refractivity contribution < 1.29 is 77.8 Å². The molecule has 2 heterocycles. The van der Waals surface area contributed by atoms with E-state index in [4.69, 9.17) is 20.2 Å². The van der Waals surface area contributed by atoms with Crippen LogP contribution in [0.3, 0.4) is 0 Å². The molecular weight excluding hydrogens is 485 g/mol. The summed E-state index contributed by atoms with van der Waals surface area (Å²) in [7, 11) is -4.21. The van der Waals surface area contributed by atoms with E-state index >= 15 is 0 Å². The number of nitrogens with one attached hydrogen (secondary N) is 1. The van der Waals surface area contributed by atoms with Gasteiger partial charge in [0.25, 0.3) is 11.8 Å². The van der Waals surface area contributed by atoms with Crippen LogP contribution in [0.2, 0.25) is 0 Å². The Hall–Kier alpha value is -2.31. The monoisotopic (exact) mass is 503 g/mol. The van der Waals surface area contributed by atoms with Crippen LogP contribution < -0.4 is 40.6 Å². The van der Waals surface area contributed by atoms with Gasteiger partial charge in [-0.15, -0.1) is 11.3 Å². The van der Waals surface area contributed by atoms with E-state index in [0.717, 1.165) is 32.3 Å². The fourth-order valence-electron chi connectivity index (χ4n) is 2.22. The number of nitrogen functional groups attached to an aromatic ring is 1.